The van der Waals surface area contributed by atoms with E-state index in [1.807, 2.05) is 0 Å². The van der Waals surface area contributed by atoms with E-state index in [0.29, 0.717) is 5.92 Å². The maximum Gasteiger partial charge on any atom is 0.0540 e. The Kier molecular flexibility index (Phi) is 7.85. The molecule has 11 rings (SSSR count). The van der Waals surface area contributed by atoms with Crippen molar-refractivity contribution in [3.63, 3.8) is 0 Å². The molecule has 0 N–H and O–H groups in total. The predicted octanol–water partition coefficient (Wildman–Crippen LogP) is 15.0. The van der Waals surface area contributed by atoms with Crippen LogP contribution in [0.15, 0.2) is 188 Å². The molecule has 1 nitrogen and oxygen atoms in total. The van der Waals surface area contributed by atoms with Crippen LogP contribution >= 0.6 is 0 Å². The van der Waals surface area contributed by atoms with Crippen molar-refractivity contribution in [3.05, 3.63) is 199 Å². The first-order valence-corrected chi connectivity index (χ1v) is 20.5. The summed E-state index contributed by atoms with van der Waals surface area (Å²) in [7, 11) is 0. The van der Waals surface area contributed by atoms with Gasteiger partial charge >= 0.3 is 0 Å². The van der Waals surface area contributed by atoms with E-state index in [1.165, 1.54) is 103 Å². The smallest absolute Gasteiger partial charge is 0.0540 e. The van der Waals surface area contributed by atoms with E-state index in [9.17, 15) is 0 Å². The highest BCUT2D eigenvalue weighted by atomic mass is 15.1. The second-order valence-electron chi connectivity index (χ2n) is 16.6. The fraction of sp³-hybridized carbons (Fsp3) is 0.164. The molecule has 3 aliphatic carbocycles. The van der Waals surface area contributed by atoms with Crippen molar-refractivity contribution in [1.29, 1.82) is 0 Å². The van der Waals surface area contributed by atoms with Crippen molar-refractivity contribution in [1.82, 2.24) is 0 Å². The minimum Gasteiger partial charge on any atom is -0.310 e. The Morgan fingerprint density at radius 1 is 0.429 bits per heavy atom. The van der Waals surface area contributed by atoms with Crippen LogP contribution in [-0.2, 0) is 5.41 Å². The third-order valence-electron chi connectivity index (χ3n) is 13.8. The number of nitrogens with zero attached hydrogens (tertiary/aromatic N) is 1. The van der Waals surface area contributed by atoms with Gasteiger partial charge in [-0.25, -0.2) is 0 Å². The monoisotopic (exact) mass is 719 g/mol. The molecule has 0 heterocycles. The highest BCUT2D eigenvalue weighted by molar-refractivity contribution is 6.05. The van der Waals surface area contributed by atoms with Gasteiger partial charge in [0.2, 0.25) is 0 Å². The lowest BCUT2D eigenvalue weighted by Gasteiger charge is -2.40. The Labute approximate surface area is 330 Å². The normalized spacial score (nSPS) is 20.6. The van der Waals surface area contributed by atoms with Gasteiger partial charge in [0.05, 0.1) is 5.69 Å². The number of fused-ring (bicyclic) bond motifs is 6. The molecule has 2 saturated carbocycles. The molecule has 2 fully saturated rings. The lowest BCUT2D eigenvalue weighted by Crippen LogP contribution is -2.35. The third kappa shape index (κ3) is 5.21. The zero-order valence-corrected chi connectivity index (χ0v) is 31.9. The second kappa shape index (κ2) is 13.2. The van der Waals surface area contributed by atoms with E-state index in [0.717, 1.165) is 17.5 Å². The van der Waals surface area contributed by atoms with E-state index < -0.39 is 0 Å². The Bertz CT molecular complexity index is 2730. The predicted molar refractivity (Wildman–Crippen MR) is 236 cm³/mol. The lowest BCUT2D eigenvalue weighted by molar-refractivity contribution is 0.236. The van der Waals surface area contributed by atoms with Gasteiger partial charge in [-0.15, -0.1) is 0 Å². The average Bonchev–Trinajstić information content (AvgIpc) is 3.98. The molecule has 0 radical (unpaired) electrons. The quantitative estimate of drug-likeness (QED) is 0.159. The Hall–Kier alpha value is -6.18. The number of para-hydroxylation sites is 1. The highest BCUT2D eigenvalue weighted by Crippen LogP contribution is 2.62. The molecule has 56 heavy (non-hydrogen) atoms. The summed E-state index contributed by atoms with van der Waals surface area (Å²) in [5, 5.41) is 2.54. The molecule has 2 bridgehead atoms. The molecule has 270 valence electrons. The van der Waals surface area contributed by atoms with Gasteiger partial charge < -0.3 is 4.90 Å². The van der Waals surface area contributed by atoms with Crippen LogP contribution in [0.1, 0.15) is 43.7 Å². The molecule has 0 aliphatic heterocycles. The van der Waals surface area contributed by atoms with Crippen LogP contribution in [0.25, 0.3) is 55.3 Å². The van der Waals surface area contributed by atoms with Crippen LogP contribution < -0.4 is 4.90 Å². The van der Waals surface area contributed by atoms with E-state index in [-0.39, 0.29) is 5.41 Å². The minimum absolute atomic E-state index is 0.0107. The largest absolute Gasteiger partial charge is 0.310 e. The van der Waals surface area contributed by atoms with Crippen molar-refractivity contribution in [2.45, 2.75) is 38.0 Å². The van der Waals surface area contributed by atoms with Crippen LogP contribution in [0.5, 0.6) is 0 Å². The van der Waals surface area contributed by atoms with Crippen molar-refractivity contribution in [2.75, 3.05) is 4.90 Å². The molecule has 0 amide bonds. The first kappa shape index (κ1) is 33.2. The molecule has 1 heteroatoms. The van der Waals surface area contributed by atoms with Crippen LogP contribution in [0, 0.1) is 17.8 Å². The van der Waals surface area contributed by atoms with Gasteiger partial charge in [-0.3, -0.25) is 0 Å². The molecule has 4 atom stereocenters. The zero-order chi connectivity index (χ0) is 37.2. The van der Waals surface area contributed by atoms with Crippen molar-refractivity contribution < 1.29 is 0 Å². The van der Waals surface area contributed by atoms with E-state index >= 15 is 0 Å². The van der Waals surface area contributed by atoms with Crippen LogP contribution in [0.2, 0.25) is 0 Å². The SMILES string of the molecule is CC1(C2C[C@H]3CC[C@@H]2C3)c2ccccc2-c2ccc(N(c3ccc(-c4ccc(-c5ccccc5)c5ccccc45)cc3)c3ccccc3-c3ccccc3)cc21. The number of hydrogen-bond donors (Lipinski definition) is 0. The van der Waals surface area contributed by atoms with Crippen molar-refractivity contribution >= 4 is 27.8 Å². The molecule has 8 aromatic carbocycles. The molecular weight excluding hydrogens is 675 g/mol. The number of benzene rings is 8. The van der Waals surface area contributed by atoms with Gasteiger partial charge in [-0.2, -0.15) is 0 Å². The summed E-state index contributed by atoms with van der Waals surface area (Å²) in [5.74, 6) is 2.37. The maximum atomic E-state index is 2.58. The van der Waals surface area contributed by atoms with E-state index in [4.69, 9.17) is 0 Å². The third-order valence-corrected chi connectivity index (χ3v) is 13.8. The van der Waals surface area contributed by atoms with Gasteiger partial charge in [0.1, 0.15) is 0 Å². The van der Waals surface area contributed by atoms with Gasteiger partial charge in [0, 0.05) is 22.4 Å². The Morgan fingerprint density at radius 2 is 0.964 bits per heavy atom. The fourth-order valence-corrected chi connectivity index (χ4v) is 11.2. The topological polar surface area (TPSA) is 3.24 Å². The van der Waals surface area contributed by atoms with Crippen LogP contribution in [0.4, 0.5) is 17.1 Å². The lowest BCUT2D eigenvalue weighted by atomic mass is 9.64. The highest BCUT2D eigenvalue weighted by Gasteiger charge is 2.53. The number of hydrogen-bond acceptors (Lipinski definition) is 1. The molecular formula is C55H45N. The van der Waals surface area contributed by atoms with Crippen molar-refractivity contribution in [3.8, 4) is 44.5 Å². The van der Waals surface area contributed by atoms with Gasteiger partial charge in [-0.1, -0.05) is 171 Å². The van der Waals surface area contributed by atoms with E-state index in [2.05, 4.69) is 200 Å². The molecule has 2 unspecified atom stereocenters. The molecule has 0 aromatic heterocycles. The summed E-state index contributed by atoms with van der Waals surface area (Å²) < 4.78 is 0. The standard InChI is InChI=1S/C55H45N/c1-55(52-35-37-24-25-41(52)34-37)51-22-12-10-21-49(51)50-31-30-43(36-53(50)55)56(54-23-13-11-18-46(54)39-16-6-3-7-17-39)42-28-26-40(27-29-42)45-33-32-44(38-14-4-2-5-15-38)47-19-8-9-20-48(45)47/h2-23,26-33,36-37,41,52H,24-25,34-35H2,1H3/t37-,41+,52?,55?/m0/s1. The van der Waals surface area contributed by atoms with Crippen LogP contribution in [0.3, 0.4) is 0 Å². The fourth-order valence-electron chi connectivity index (χ4n) is 11.2. The van der Waals surface area contributed by atoms with Gasteiger partial charge in [0.25, 0.3) is 0 Å². The Balaban J connectivity index is 1.07. The zero-order valence-electron chi connectivity index (χ0n) is 31.9. The van der Waals surface area contributed by atoms with Crippen LogP contribution in [-0.4, -0.2) is 0 Å². The Morgan fingerprint density at radius 3 is 1.62 bits per heavy atom. The number of rotatable bonds is 7. The van der Waals surface area contributed by atoms with Gasteiger partial charge in [-0.05, 0) is 128 Å². The summed E-state index contributed by atoms with van der Waals surface area (Å²) in [6.07, 6.45) is 5.56. The summed E-state index contributed by atoms with van der Waals surface area (Å²) in [5.41, 5.74) is 16.8. The first-order valence-electron chi connectivity index (χ1n) is 20.5. The average molecular weight is 720 g/mol. The summed E-state index contributed by atoms with van der Waals surface area (Å²) in [4.78, 5) is 2.51. The van der Waals surface area contributed by atoms with E-state index in [1.54, 1.807) is 0 Å². The van der Waals surface area contributed by atoms with Crippen molar-refractivity contribution in [2.24, 2.45) is 17.8 Å². The summed E-state index contributed by atoms with van der Waals surface area (Å²) >= 11 is 0. The molecule has 3 aliphatic rings. The first-order chi connectivity index (χ1) is 27.6. The molecule has 0 saturated heterocycles. The van der Waals surface area contributed by atoms with Gasteiger partial charge in [0.15, 0.2) is 0 Å². The molecule has 8 aromatic rings. The maximum absolute atomic E-state index is 2.58. The summed E-state index contributed by atoms with van der Waals surface area (Å²) in [6, 6.07) is 69.9. The molecule has 0 spiro atoms. The second-order valence-corrected chi connectivity index (χ2v) is 16.6. The summed E-state index contributed by atoms with van der Waals surface area (Å²) in [6.45, 7) is 2.58. The minimum atomic E-state index is -0.0107. The number of anilines is 3.